The first-order chi connectivity index (χ1) is 9.29. The molecular formula is C15H30N2O2. The topological polar surface area (TPSA) is 44.7 Å². The van der Waals surface area contributed by atoms with Crippen LogP contribution >= 0.6 is 0 Å². The molecule has 2 aliphatic rings. The summed E-state index contributed by atoms with van der Waals surface area (Å²) < 4.78 is 5.75. The van der Waals surface area contributed by atoms with Gasteiger partial charge in [0.25, 0.3) is 0 Å². The molecule has 0 aromatic rings. The quantitative estimate of drug-likeness (QED) is 0.730. The van der Waals surface area contributed by atoms with E-state index in [1.807, 2.05) is 7.05 Å². The average molecular weight is 270 g/mol. The Morgan fingerprint density at radius 1 is 1.32 bits per heavy atom. The Hall–Kier alpha value is -0.160. The molecule has 0 aromatic carbocycles. The van der Waals surface area contributed by atoms with Crippen molar-refractivity contribution in [2.75, 3.05) is 46.5 Å². The van der Waals surface area contributed by atoms with Crippen molar-refractivity contribution >= 4 is 0 Å². The van der Waals surface area contributed by atoms with Crippen LogP contribution in [0.5, 0.6) is 0 Å². The molecular weight excluding hydrogens is 240 g/mol. The van der Waals surface area contributed by atoms with Gasteiger partial charge in [0.05, 0.1) is 13.2 Å². The molecule has 0 spiro atoms. The van der Waals surface area contributed by atoms with E-state index in [4.69, 9.17) is 4.74 Å². The highest BCUT2D eigenvalue weighted by atomic mass is 16.5. The van der Waals surface area contributed by atoms with Crippen molar-refractivity contribution in [2.24, 2.45) is 5.41 Å². The number of aliphatic hydroxyl groups excluding tert-OH is 1. The lowest BCUT2D eigenvalue weighted by Crippen LogP contribution is -2.51. The Morgan fingerprint density at radius 3 is 2.68 bits per heavy atom. The van der Waals surface area contributed by atoms with E-state index in [0.717, 1.165) is 32.8 Å². The number of rotatable bonds is 7. The molecule has 1 saturated heterocycles. The van der Waals surface area contributed by atoms with Crippen LogP contribution < -0.4 is 5.32 Å². The molecule has 0 bridgehead atoms. The number of aliphatic hydroxyl groups is 1. The predicted molar refractivity (Wildman–Crippen MR) is 77.3 cm³/mol. The fourth-order valence-corrected chi connectivity index (χ4v) is 3.82. The lowest BCUT2D eigenvalue weighted by atomic mass is 9.81. The Kier molecular flexibility index (Phi) is 6.07. The Morgan fingerprint density at radius 2 is 2.11 bits per heavy atom. The summed E-state index contributed by atoms with van der Waals surface area (Å²) in [6.45, 7) is 4.95. The highest BCUT2D eigenvalue weighted by Crippen LogP contribution is 2.32. The second-order valence-corrected chi connectivity index (χ2v) is 6.32. The van der Waals surface area contributed by atoms with Crippen molar-refractivity contribution in [1.82, 2.24) is 10.2 Å². The van der Waals surface area contributed by atoms with Crippen LogP contribution in [-0.4, -0.2) is 62.6 Å². The largest absolute Gasteiger partial charge is 0.395 e. The lowest BCUT2D eigenvalue weighted by Gasteiger charge is -2.42. The number of nitrogens with one attached hydrogen (secondary N) is 1. The van der Waals surface area contributed by atoms with Gasteiger partial charge in [-0.1, -0.05) is 12.8 Å². The van der Waals surface area contributed by atoms with Crippen molar-refractivity contribution in [3.8, 4) is 0 Å². The molecule has 4 nitrogen and oxygen atoms in total. The summed E-state index contributed by atoms with van der Waals surface area (Å²) in [5.41, 5.74) is 0.241. The number of ether oxygens (including phenoxy) is 1. The van der Waals surface area contributed by atoms with E-state index in [0.29, 0.717) is 6.04 Å². The smallest absolute Gasteiger partial charge is 0.0558 e. The SMILES string of the molecule is CNCC1(CN(CCO)C2CCCC2)CCCOC1. The summed E-state index contributed by atoms with van der Waals surface area (Å²) in [5.74, 6) is 0. The molecule has 2 fully saturated rings. The zero-order valence-corrected chi connectivity index (χ0v) is 12.4. The number of nitrogens with zero attached hydrogens (tertiary/aromatic N) is 1. The monoisotopic (exact) mass is 270 g/mol. The number of hydrogen-bond acceptors (Lipinski definition) is 4. The van der Waals surface area contributed by atoms with Gasteiger partial charge in [0.2, 0.25) is 0 Å². The van der Waals surface area contributed by atoms with Crippen molar-refractivity contribution in [3.63, 3.8) is 0 Å². The van der Waals surface area contributed by atoms with Gasteiger partial charge in [0.15, 0.2) is 0 Å². The van der Waals surface area contributed by atoms with Crippen molar-refractivity contribution in [3.05, 3.63) is 0 Å². The maximum absolute atomic E-state index is 9.35. The molecule has 1 atom stereocenters. The molecule has 4 heteroatoms. The van der Waals surface area contributed by atoms with Gasteiger partial charge in [-0.2, -0.15) is 0 Å². The third-order valence-electron chi connectivity index (χ3n) is 4.72. The summed E-state index contributed by atoms with van der Waals surface area (Å²) in [6.07, 6.45) is 7.71. The summed E-state index contributed by atoms with van der Waals surface area (Å²) >= 11 is 0. The molecule has 2 N–H and O–H groups in total. The zero-order valence-electron chi connectivity index (χ0n) is 12.4. The summed E-state index contributed by atoms with van der Waals surface area (Å²) in [6, 6.07) is 0.683. The molecule has 1 aliphatic heterocycles. The maximum Gasteiger partial charge on any atom is 0.0558 e. The molecule has 19 heavy (non-hydrogen) atoms. The van der Waals surface area contributed by atoms with Gasteiger partial charge >= 0.3 is 0 Å². The molecule has 0 radical (unpaired) electrons. The van der Waals surface area contributed by atoms with Crippen LogP contribution in [0, 0.1) is 5.41 Å². The van der Waals surface area contributed by atoms with E-state index >= 15 is 0 Å². The summed E-state index contributed by atoms with van der Waals surface area (Å²) in [4.78, 5) is 2.53. The van der Waals surface area contributed by atoms with E-state index in [-0.39, 0.29) is 12.0 Å². The van der Waals surface area contributed by atoms with E-state index < -0.39 is 0 Å². The van der Waals surface area contributed by atoms with Crippen molar-refractivity contribution in [2.45, 2.75) is 44.6 Å². The van der Waals surface area contributed by atoms with Gasteiger partial charge in [-0.25, -0.2) is 0 Å². The van der Waals surface area contributed by atoms with Crippen LogP contribution in [0.25, 0.3) is 0 Å². The Balaban J connectivity index is 1.98. The van der Waals surface area contributed by atoms with Gasteiger partial charge in [0, 0.05) is 37.7 Å². The van der Waals surface area contributed by atoms with Gasteiger partial charge in [0.1, 0.15) is 0 Å². The lowest BCUT2D eigenvalue weighted by molar-refractivity contribution is -0.0341. The normalized spacial score (nSPS) is 29.2. The molecule has 2 rings (SSSR count). The van der Waals surface area contributed by atoms with Crippen LogP contribution in [-0.2, 0) is 4.74 Å². The molecule has 1 heterocycles. The van der Waals surface area contributed by atoms with Crippen molar-refractivity contribution in [1.29, 1.82) is 0 Å². The van der Waals surface area contributed by atoms with Crippen LogP contribution in [0.1, 0.15) is 38.5 Å². The van der Waals surface area contributed by atoms with E-state index in [9.17, 15) is 5.11 Å². The minimum atomic E-state index is 0.241. The molecule has 0 aromatic heterocycles. The van der Waals surface area contributed by atoms with Gasteiger partial charge in [-0.3, -0.25) is 4.90 Å². The number of hydrogen-bond donors (Lipinski definition) is 2. The second-order valence-electron chi connectivity index (χ2n) is 6.32. The van der Waals surface area contributed by atoms with Crippen LogP contribution in [0.15, 0.2) is 0 Å². The first kappa shape index (κ1) is 15.2. The maximum atomic E-state index is 9.35. The highest BCUT2D eigenvalue weighted by Gasteiger charge is 2.36. The molecule has 1 unspecified atom stereocenters. The van der Waals surface area contributed by atoms with Crippen LogP contribution in [0.3, 0.4) is 0 Å². The third-order valence-corrected chi connectivity index (χ3v) is 4.72. The van der Waals surface area contributed by atoms with E-state index in [1.165, 1.54) is 38.5 Å². The van der Waals surface area contributed by atoms with E-state index in [2.05, 4.69) is 10.2 Å². The fraction of sp³-hybridized carbons (Fsp3) is 1.00. The highest BCUT2D eigenvalue weighted by molar-refractivity contribution is 4.89. The van der Waals surface area contributed by atoms with Gasteiger partial charge in [-0.05, 0) is 32.7 Å². The molecule has 1 aliphatic carbocycles. The summed E-state index contributed by atoms with van der Waals surface area (Å²) in [7, 11) is 2.03. The predicted octanol–water partition coefficient (Wildman–Crippen LogP) is 1.24. The minimum Gasteiger partial charge on any atom is -0.395 e. The summed E-state index contributed by atoms with van der Waals surface area (Å²) in [5, 5.41) is 12.7. The molecule has 1 saturated carbocycles. The van der Waals surface area contributed by atoms with Crippen LogP contribution in [0.4, 0.5) is 0 Å². The fourth-order valence-electron chi connectivity index (χ4n) is 3.82. The Labute approximate surface area is 117 Å². The van der Waals surface area contributed by atoms with Crippen LogP contribution in [0.2, 0.25) is 0 Å². The van der Waals surface area contributed by atoms with E-state index in [1.54, 1.807) is 0 Å². The first-order valence-corrected chi connectivity index (χ1v) is 7.87. The zero-order chi connectivity index (χ0) is 13.6. The molecule has 112 valence electrons. The van der Waals surface area contributed by atoms with Gasteiger partial charge in [-0.15, -0.1) is 0 Å². The molecule has 0 amide bonds. The Bertz CT molecular complexity index is 243. The average Bonchev–Trinajstić information content (AvgIpc) is 2.93. The standard InChI is InChI=1S/C15H30N2O2/c1-16-11-15(7-4-10-19-13-15)12-17(8-9-18)14-5-2-3-6-14/h14,16,18H,2-13H2,1H3. The second kappa shape index (κ2) is 7.58. The van der Waals surface area contributed by atoms with Crippen molar-refractivity contribution < 1.29 is 9.84 Å². The third kappa shape index (κ3) is 4.15. The van der Waals surface area contributed by atoms with Gasteiger partial charge < -0.3 is 15.2 Å². The first-order valence-electron chi connectivity index (χ1n) is 7.87. The minimum absolute atomic E-state index is 0.241.